The number of amidine groups is 1. The quantitative estimate of drug-likeness (QED) is 0.328. The van der Waals surface area contributed by atoms with E-state index < -0.39 is 16.7 Å². The van der Waals surface area contributed by atoms with Crippen molar-refractivity contribution in [1.29, 1.82) is 0 Å². The Morgan fingerprint density at radius 3 is 2.47 bits per heavy atom. The summed E-state index contributed by atoms with van der Waals surface area (Å²) in [5, 5.41) is 14.6. The van der Waals surface area contributed by atoms with Crippen LogP contribution in [0.25, 0.3) is 22.3 Å². The fraction of sp³-hybridized carbons (Fsp3) is 0.0455. The van der Waals surface area contributed by atoms with Crippen LogP contribution in [0, 0.1) is 10.1 Å². The number of nitrogens with zero attached hydrogens (tertiary/aromatic N) is 4. The third-order valence-corrected chi connectivity index (χ3v) is 5.00. The lowest BCUT2D eigenvalue weighted by Gasteiger charge is -2.23. The van der Waals surface area contributed by atoms with E-state index in [1.807, 2.05) is 0 Å². The third kappa shape index (κ3) is 3.31. The molecule has 0 bridgehead atoms. The number of alkyl halides is 3. The van der Waals surface area contributed by atoms with Crippen LogP contribution >= 0.6 is 0 Å². The van der Waals surface area contributed by atoms with Gasteiger partial charge in [0, 0.05) is 28.6 Å². The lowest BCUT2D eigenvalue weighted by Crippen LogP contribution is -2.25. The van der Waals surface area contributed by atoms with Gasteiger partial charge in [-0.3, -0.25) is 10.1 Å². The van der Waals surface area contributed by atoms with Crippen molar-refractivity contribution in [2.24, 2.45) is 4.99 Å². The van der Waals surface area contributed by atoms with E-state index in [0.29, 0.717) is 28.0 Å². The maximum Gasteiger partial charge on any atom is 0.417 e. The molecule has 0 radical (unpaired) electrons. The Bertz CT molecular complexity index is 1430. The van der Waals surface area contributed by atoms with Crippen molar-refractivity contribution in [2.75, 3.05) is 5.32 Å². The summed E-state index contributed by atoms with van der Waals surface area (Å²) in [6.45, 7) is 0. The van der Waals surface area contributed by atoms with Gasteiger partial charge in [-0.05, 0) is 24.3 Å². The largest absolute Gasteiger partial charge is 0.417 e. The van der Waals surface area contributed by atoms with E-state index in [0.717, 1.165) is 6.07 Å². The van der Waals surface area contributed by atoms with Gasteiger partial charge in [0.15, 0.2) is 11.6 Å². The molecule has 0 saturated carbocycles. The number of nitro groups is 1. The van der Waals surface area contributed by atoms with E-state index in [-0.39, 0.29) is 22.9 Å². The first-order valence-corrected chi connectivity index (χ1v) is 9.39. The van der Waals surface area contributed by atoms with E-state index in [2.05, 4.69) is 20.3 Å². The number of aliphatic imine (C=N–C) groups is 1. The van der Waals surface area contributed by atoms with Crippen LogP contribution in [0.3, 0.4) is 0 Å². The number of aromatic nitrogens is 2. The number of benzene rings is 3. The van der Waals surface area contributed by atoms with Crippen molar-refractivity contribution in [3.8, 4) is 11.4 Å². The van der Waals surface area contributed by atoms with Crippen LogP contribution < -0.4 is 5.32 Å². The summed E-state index contributed by atoms with van der Waals surface area (Å²) < 4.78 is 40.6. The maximum atomic E-state index is 13.5. The molecule has 5 rings (SSSR count). The van der Waals surface area contributed by atoms with Crippen LogP contribution in [0.15, 0.2) is 71.7 Å². The smallest absolute Gasteiger partial charge is 0.339 e. The normalized spacial score (nSPS) is 14.0. The number of anilines is 1. The van der Waals surface area contributed by atoms with Crippen molar-refractivity contribution in [3.05, 3.63) is 88.0 Å². The zero-order valence-corrected chi connectivity index (χ0v) is 16.1. The van der Waals surface area contributed by atoms with E-state index in [4.69, 9.17) is 0 Å². The van der Waals surface area contributed by atoms with Gasteiger partial charge in [-0.2, -0.15) is 13.2 Å². The summed E-state index contributed by atoms with van der Waals surface area (Å²) in [7, 11) is 0. The van der Waals surface area contributed by atoms with Crippen molar-refractivity contribution in [3.63, 3.8) is 0 Å². The lowest BCUT2D eigenvalue weighted by atomic mass is 10.0. The predicted molar refractivity (Wildman–Crippen MR) is 113 cm³/mol. The number of nitro benzene ring substituents is 1. The van der Waals surface area contributed by atoms with E-state index in [1.54, 1.807) is 30.3 Å². The summed E-state index contributed by atoms with van der Waals surface area (Å²) in [6.07, 6.45) is -4.58. The predicted octanol–water partition coefficient (Wildman–Crippen LogP) is 5.73. The Labute approximate surface area is 178 Å². The molecular formula is C22H12F3N5O2. The zero-order chi connectivity index (χ0) is 22.5. The molecule has 0 unspecified atom stereocenters. The molecular weight excluding hydrogens is 423 g/mol. The molecule has 0 atom stereocenters. The standard InChI is InChI=1S/C22H12F3N5O2/c23-22(24,25)16-7-3-1-5-13(16)19-26-17-8-4-2-6-14(17)20(28-19)29-21-15-11-12(30(31)32)9-10-18(15)27-21/h1-11H,(H,26,27,28,29). The number of nitrogens with one attached hydrogen (secondary N) is 1. The molecule has 0 fully saturated rings. The SMILES string of the molecule is O=[N+]([O-])c1ccc2c(c1)C(=Nc1nc(-c3ccccc3C(F)(F)F)nc3ccccc13)N2. The van der Waals surface area contributed by atoms with Gasteiger partial charge in [0.2, 0.25) is 0 Å². The second-order valence-corrected chi connectivity index (χ2v) is 7.00. The Kier molecular flexibility index (Phi) is 4.36. The van der Waals surface area contributed by atoms with Gasteiger partial charge in [-0.1, -0.05) is 30.3 Å². The van der Waals surface area contributed by atoms with Crippen molar-refractivity contribution >= 4 is 33.9 Å². The van der Waals surface area contributed by atoms with Gasteiger partial charge in [0.25, 0.3) is 5.69 Å². The molecule has 32 heavy (non-hydrogen) atoms. The minimum Gasteiger partial charge on any atom is -0.339 e. The van der Waals surface area contributed by atoms with Gasteiger partial charge in [0.05, 0.1) is 21.7 Å². The van der Waals surface area contributed by atoms with Crippen molar-refractivity contribution in [1.82, 2.24) is 9.97 Å². The van der Waals surface area contributed by atoms with Crippen LogP contribution in [0.4, 0.5) is 30.4 Å². The van der Waals surface area contributed by atoms with Crippen molar-refractivity contribution in [2.45, 2.75) is 6.18 Å². The van der Waals surface area contributed by atoms with Gasteiger partial charge >= 0.3 is 6.18 Å². The average molecular weight is 435 g/mol. The monoisotopic (exact) mass is 435 g/mol. The molecule has 1 aliphatic rings. The highest BCUT2D eigenvalue weighted by molar-refractivity contribution is 6.22. The van der Waals surface area contributed by atoms with Crippen LogP contribution in [-0.4, -0.2) is 20.7 Å². The molecule has 0 aliphatic carbocycles. The van der Waals surface area contributed by atoms with Crippen LogP contribution in [0.2, 0.25) is 0 Å². The van der Waals surface area contributed by atoms with Crippen LogP contribution in [-0.2, 0) is 6.18 Å². The molecule has 7 nitrogen and oxygen atoms in total. The van der Waals surface area contributed by atoms with Crippen LogP contribution in [0.1, 0.15) is 11.1 Å². The molecule has 0 saturated heterocycles. The summed E-state index contributed by atoms with van der Waals surface area (Å²) >= 11 is 0. The number of para-hydroxylation sites is 1. The molecule has 0 spiro atoms. The van der Waals surface area contributed by atoms with E-state index in [1.165, 1.54) is 30.3 Å². The number of fused-ring (bicyclic) bond motifs is 2. The highest BCUT2D eigenvalue weighted by Crippen LogP contribution is 2.38. The number of halogens is 3. The Balaban J connectivity index is 1.68. The second kappa shape index (κ2) is 7.12. The average Bonchev–Trinajstić information content (AvgIpc) is 2.76. The summed E-state index contributed by atoms with van der Waals surface area (Å²) in [5.41, 5.74) is 0.508. The topological polar surface area (TPSA) is 93.3 Å². The molecule has 1 aliphatic heterocycles. The minimum absolute atomic E-state index is 0.0923. The fourth-order valence-corrected chi connectivity index (χ4v) is 3.47. The summed E-state index contributed by atoms with van der Waals surface area (Å²) in [4.78, 5) is 23.7. The van der Waals surface area contributed by atoms with Crippen molar-refractivity contribution < 1.29 is 18.1 Å². The molecule has 158 valence electrons. The molecule has 1 aromatic heterocycles. The van der Waals surface area contributed by atoms with Crippen LogP contribution in [0.5, 0.6) is 0 Å². The fourth-order valence-electron chi connectivity index (χ4n) is 3.47. The Hall–Kier alpha value is -4.34. The molecule has 3 aromatic carbocycles. The first-order valence-electron chi connectivity index (χ1n) is 9.39. The molecule has 0 amide bonds. The van der Waals surface area contributed by atoms with Gasteiger partial charge in [0.1, 0.15) is 5.84 Å². The minimum atomic E-state index is -4.58. The first kappa shape index (κ1) is 19.6. The third-order valence-electron chi connectivity index (χ3n) is 5.00. The number of non-ortho nitro benzene ring substituents is 1. The molecule has 10 heteroatoms. The zero-order valence-electron chi connectivity index (χ0n) is 16.1. The van der Waals surface area contributed by atoms with Gasteiger partial charge in [-0.15, -0.1) is 0 Å². The second-order valence-electron chi connectivity index (χ2n) is 7.00. The van der Waals surface area contributed by atoms with E-state index in [9.17, 15) is 23.3 Å². The number of hydrogen-bond donors (Lipinski definition) is 1. The molecule has 1 N–H and O–H groups in total. The molecule has 4 aromatic rings. The number of rotatable bonds is 3. The highest BCUT2D eigenvalue weighted by Gasteiger charge is 2.34. The summed E-state index contributed by atoms with van der Waals surface area (Å²) in [6, 6.07) is 16.2. The van der Waals surface area contributed by atoms with Gasteiger partial charge in [-0.25, -0.2) is 15.0 Å². The van der Waals surface area contributed by atoms with E-state index >= 15 is 0 Å². The van der Waals surface area contributed by atoms with Gasteiger partial charge < -0.3 is 5.32 Å². The Morgan fingerprint density at radius 2 is 1.69 bits per heavy atom. The Morgan fingerprint density at radius 1 is 0.938 bits per heavy atom. The maximum absolute atomic E-state index is 13.5. The number of hydrogen-bond acceptors (Lipinski definition) is 5. The first-order chi connectivity index (χ1) is 15.3. The summed E-state index contributed by atoms with van der Waals surface area (Å²) in [5.74, 6) is 0.374. The molecule has 2 heterocycles. The lowest BCUT2D eigenvalue weighted by molar-refractivity contribution is -0.384. The highest BCUT2D eigenvalue weighted by atomic mass is 19.4.